The normalized spacial score (nSPS) is 13.8. The molecule has 1 rings (SSSR count). The highest BCUT2D eigenvalue weighted by Gasteiger charge is 2.30. The molecule has 2 N–H and O–H groups in total. The van der Waals surface area contributed by atoms with Gasteiger partial charge in [-0.05, 0) is 31.5 Å². The molecular formula is C17H22F3NO4. The molecule has 8 heteroatoms. The van der Waals surface area contributed by atoms with Crippen LogP contribution in [-0.2, 0) is 15.7 Å². The predicted molar refractivity (Wildman–Crippen MR) is 86.2 cm³/mol. The third kappa shape index (κ3) is 8.04. The van der Waals surface area contributed by atoms with E-state index < -0.39 is 29.9 Å². The lowest BCUT2D eigenvalue weighted by molar-refractivity contribution is -0.137. The summed E-state index contributed by atoms with van der Waals surface area (Å²) in [4.78, 5) is 11.7. The van der Waals surface area contributed by atoms with E-state index in [1.165, 1.54) is 12.1 Å². The zero-order valence-corrected chi connectivity index (χ0v) is 13.9. The van der Waals surface area contributed by atoms with Crippen LogP contribution in [-0.4, -0.2) is 43.0 Å². The first kappa shape index (κ1) is 21.0. The van der Waals surface area contributed by atoms with Gasteiger partial charge in [0.1, 0.15) is 24.6 Å². The molecule has 0 heterocycles. The van der Waals surface area contributed by atoms with E-state index in [9.17, 15) is 23.1 Å². The number of carbonyl (C=O) groups is 1. The number of aliphatic hydroxyl groups excluding tert-OH is 1. The van der Waals surface area contributed by atoms with Gasteiger partial charge in [0.15, 0.2) is 0 Å². The maximum Gasteiger partial charge on any atom is 0.416 e. The largest absolute Gasteiger partial charge is 0.491 e. The second kappa shape index (κ2) is 10.0. The van der Waals surface area contributed by atoms with E-state index in [2.05, 4.69) is 11.9 Å². The molecule has 0 aromatic heterocycles. The number of rotatable bonds is 10. The van der Waals surface area contributed by atoms with Crippen molar-refractivity contribution in [3.63, 3.8) is 0 Å². The van der Waals surface area contributed by atoms with E-state index in [0.29, 0.717) is 13.0 Å². The summed E-state index contributed by atoms with van der Waals surface area (Å²) < 4.78 is 48.2. The van der Waals surface area contributed by atoms with Crippen molar-refractivity contribution in [1.82, 2.24) is 5.32 Å². The standard InChI is InChI=1S/C17H22F3NO4/c1-3-4-8-24-12(2)16(23)21-10-14(22)11-25-15-7-5-6-13(9-15)17(18,19)20/h3,5-7,9,12,14,22H,1,4,8,10-11H2,2H3,(H,21,23). The van der Waals surface area contributed by atoms with Gasteiger partial charge in [0, 0.05) is 6.54 Å². The van der Waals surface area contributed by atoms with Crippen LogP contribution in [0.1, 0.15) is 18.9 Å². The zero-order valence-electron chi connectivity index (χ0n) is 13.9. The van der Waals surface area contributed by atoms with Crippen molar-refractivity contribution in [1.29, 1.82) is 0 Å². The molecule has 0 saturated carbocycles. The Balaban J connectivity index is 2.36. The SMILES string of the molecule is C=CCCOC(C)C(=O)NCC(O)COc1cccc(C(F)(F)F)c1. The van der Waals surface area contributed by atoms with Crippen LogP contribution in [0.2, 0.25) is 0 Å². The molecule has 25 heavy (non-hydrogen) atoms. The minimum Gasteiger partial charge on any atom is -0.491 e. The zero-order chi connectivity index (χ0) is 18.9. The van der Waals surface area contributed by atoms with Gasteiger partial charge in [-0.25, -0.2) is 0 Å². The molecule has 0 fully saturated rings. The minimum absolute atomic E-state index is 0.0127. The van der Waals surface area contributed by atoms with Gasteiger partial charge in [-0.15, -0.1) is 6.58 Å². The number of amides is 1. The average Bonchev–Trinajstić information content (AvgIpc) is 2.57. The van der Waals surface area contributed by atoms with E-state index in [1.807, 2.05) is 0 Å². The van der Waals surface area contributed by atoms with Crippen LogP contribution in [0.3, 0.4) is 0 Å². The van der Waals surface area contributed by atoms with Gasteiger partial charge in [-0.1, -0.05) is 12.1 Å². The number of aliphatic hydroxyl groups is 1. The third-order valence-corrected chi connectivity index (χ3v) is 3.17. The lowest BCUT2D eigenvalue weighted by Gasteiger charge is -2.16. The van der Waals surface area contributed by atoms with Gasteiger partial charge >= 0.3 is 6.18 Å². The maximum atomic E-state index is 12.6. The van der Waals surface area contributed by atoms with Crippen molar-refractivity contribution in [2.24, 2.45) is 0 Å². The van der Waals surface area contributed by atoms with E-state index in [-0.39, 0.29) is 18.9 Å². The molecule has 0 aliphatic heterocycles. The van der Waals surface area contributed by atoms with Crippen LogP contribution < -0.4 is 10.1 Å². The van der Waals surface area contributed by atoms with Crippen molar-refractivity contribution in [3.05, 3.63) is 42.5 Å². The summed E-state index contributed by atoms with van der Waals surface area (Å²) in [6.45, 7) is 5.11. The minimum atomic E-state index is -4.46. The molecule has 0 bridgehead atoms. The smallest absolute Gasteiger partial charge is 0.416 e. The quantitative estimate of drug-likeness (QED) is 0.496. The highest BCUT2D eigenvalue weighted by Crippen LogP contribution is 2.31. The van der Waals surface area contributed by atoms with Gasteiger partial charge < -0.3 is 19.9 Å². The fourth-order valence-electron chi connectivity index (χ4n) is 1.78. The Kier molecular flexibility index (Phi) is 8.44. The summed E-state index contributed by atoms with van der Waals surface area (Å²) in [5, 5.41) is 12.2. The van der Waals surface area contributed by atoms with Crippen molar-refractivity contribution >= 4 is 5.91 Å². The predicted octanol–water partition coefficient (Wildman–Crippen LogP) is 2.54. The lowest BCUT2D eigenvalue weighted by atomic mass is 10.2. The van der Waals surface area contributed by atoms with Gasteiger partial charge in [-0.3, -0.25) is 4.79 Å². The van der Waals surface area contributed by atoms with Crippen molar-refractivity contribution < 1.29 is 32.5 Å². The van der Waals surface area contributed by atoms with Crippen molar-refractivity contribution in [2.45, 2.75) is 31.7 Å². The molecule has 1 aromatic rings. The second-order valence-corrected chi connectivity index (χ2v) is 5.33. The van der Waals surface area contributed by atoms with Gasteiger partial charge in [0.05, 0.1) is 12.2 Å². The highest BCUT2D eigenvalue weighted by atomic mass is 19.4. The van der Waals surface area contributed by atoms with Gasteiger partial charge in [-0.2, -0.15) is 13.2 Å². The first-order chi connectivity index (χ1) is 11.7. The van der Waals surface area contributed by atoms with Crippen LogP contribution in [0.4, 0.5) is 13.2 Å². The average molecular weight is 361 g/mol. The Labute approximate surface area is 144 Å². The molecule has 0 spiro atoms. The summed E-state index contributed by atoms with van der Waals surface area (Å²) >= 11 is 0. The fraction of sp³-hybridized carbons (Fsp3) is 0.471. The monoisotopic (exact) mass is 361 g/mol. The van der Waals surface area contributed by atoms with Crippen LogP contribution in [0.5, 0.6) is 5.75 Å². The maximum absolute atomic E-state index is 12.6. The topological polar surface area (TPSA) is 67.8 Å². The molecule has 1 aromatic carbocycles. The molecule has 140 valence electrons. The number of carbonyl (C=O) groups excluding carboxylic acids is 1. The third-order valence-electron chi connectivity index (χ3n) is 3.17. The summed E-state index contributed by atoms with van der Waals surface area (Å²) in [6.07, 6.45) is -3.94. The molecule has 0 aliphatic carbocycles. The Morgan fingerprint density at radius 1 is 1.44 bits per heavy atom. The van der Waals surface area contributed by atoms with Crippen LogP contribution in [0.15, 0.2) is 36.9 Å². The molecule has 0 radical (unpaired) electrons. The van der Waals surface area contributed by atoms with Crippen molar-refractivity contribution in [3.8, 4) is 5.75 Å². The number of benzene rings is 1. The fourth-order valence-corrected chi connectivity index (χ4v) is 1.78. The Morgan fingerprint density at radius 3 is 2.80 bits per heavy atom. The first-order valence-corrected chi connectivity index (χ1v) is 7.72. The Bertz CT molecular complexity index is 563. The van der Waals surface area contributed by atoms with Crippen LogP contribution in [0, 0.1) is 0 Å². The van der Waals surface area contributed by atoms with E-state index in [0.717, 1.165) is 12.1 Å². The number of halogens is 3. The molecule has 1 amide bonds. The molecule has 0 saturated heterocycles. The Hall–Kier alpha value is -2.06. The summed E-state index contributed by atoms with van der Waals surface area (Å²) in [5.41, 5.74) is -0.835. The Morgan fingerprint density at radius 2 is 2.16 bits per heavy atom. The van der Waals surface area contributed by atoms with E-state index >= 15 is 0 Å². The summed E-state index contributed by atoms with van der Waals surface area (Å²) in [7, 11) is 0. The lowest BCUT2D eigenvalue weighted by Crippen LogP contribution is -2.40. The first-order valence-electron chi connectivity index (χ1n) is 7.72. The molecule has 2 atom stereocenters. The molecule has 0 aliphatic rings. The van der Waals surface area contributed by atoms with Gasteiger partial charge in [0.2, 0.25) is 5.91 Å². The number of ether oxygens (including phenoxy) is 2. The molecule has 5 nitrogen and oxygen atoms in total. The number of hydrogen-bond acceptors (Lipinski definition) is 4. The second-order valence-electron chi connectivity index (χ2n) is 5.33. The van der Waals surface area contributed by atoms with Crippen LogP contribution in [0.25, 0.3) is 0 Å². The van der Waals surface area contributed by atoms with Gasteiger partial charge in [0.25, 0.3) is 0 Å². The number of hydrogen-bond donors (Lipinski definition) is 2. The number of nitrogens with one attached hydrogen (secondary N) is 1. The summed E-state index contributed by atoms with van der Waals surface area (Å²) in [5.74, 6) is -0.413. The molecular weight excluding hydrogens is 339 g/mol. The van der Waals surface area contributed by atoms with E-state index in [4.69, 9.17) is 9.47 Å². The number of alkyl halides is 3. The van der Waals surface area contributed by atoms with Crippen molar-refractivity contribution in [2.75, 3.05) is 19.8 Å². The highest BCUT2D eigenvalue weighted by molar-refractivity contribution is 5.80. The van der Waals surface area contributed by atoms with Crippen LogP contribution >= 0.6 is 0 Å². The molecule has 2 unspecified atom stereocenters. The van der Waals surface area contributed by atoms with E-state index in [1.54, 1.807) is 13.0 Å². The summed E-state index contributed by atoms with van der Waals surface area (Å²) in [6, 6.07) is 4.35.